The van der Waals surface area contributed by atoms with Crippen LogP contribution in [-0.2, 0) is 0 Å². The van der Waals surface area contributed by atoms with Crippen LogP contribution in [0.2, 0.25) is 0 Å². The predicted molar refractivity (Wildman–Crippen MR) is 91.2 cm³/mol. The Balaban J connectivity index is 1.37. The average Bonchev–Trinajstić information content (AvgIpc) is 3.32. The highest BCUT2D eigenvalue weighted by Crippen LogP contribution is 2.39. The van der Waals surface area contributed by atoms with Crippen molar-refractivity contribution in [3.8, 4) is 11.5 Å². The molecule has 1 aromatic carbocycles. The maximum absolute atomic E-state index is 12.4. The number of nitrogens with zero attached hydrogens (tertiary/aromatic N) is 4. The molecule has 1 aromatic heterocycles. The van der Waals surface area contributed by atoms with Crippen molar-refractivity contribution in [2.45, 2.75) is 24.8 Å². The fraction of sp³-hybridized carbons (Fsp3) is 0.471. The highest BCUT2D eigenvalue weighted by molar-refractivity contribution is 5.92. The SMILES string of the molecule is COc1cccc(NC(=O)N2CC(n3cc(C4CC4)nn3)C2)c1OC. The van der Waals surface area contributed by atoms with E-state index in [1.807, 2.05) is 16.9 Å². The van der Waals surface area contributed by atoms with Crippen LogP contribution in [0.4, 0.5) is 10.5 Å². The first kappa shape index (κ1) is 15.7. The first-order valence-corrected chi connectivity index (χ1v) is 8.38. The summed E-state index contributed by atoms with van der Waals surface area (Å²) in [6.07, 6.45) is 4.43. The molecule has 1 N–H and O–H groups in total. The van der Waals surface area contributed by atoms with Crippen molar-refractivity contribution >= 4 is 11.7 Å². The third kappa shape index (κ3) is 2.99. The highest BCUT2D eigenvalue weighted by Gasteiger charge is 2.34. The van der Waals surface area contributed by atoms with E-state index >= 15 is 0 Å². The molecule has 0 radical (unpaired) electrons. The number of para-hydroxylation sites is 1. The second-order valence-electron chi connectivity index (χ2n) is 6.43. The quantitative estimate of drug-likeness (QED) is 0.900. The molecule has 2 fully saturated rings. The molecular weight excluding hydrogens is 322 g/mol. The van der Waals surface area contributed by atoms with Crippen molar-refractivity contribution in [2.24, 2.45) is 0 Å². The minimum Gasteiger partial charge on any atom is -0.493 e. The molecule has 0 spiro atoms. The molecule has 1 aliphatic carbocycles. The Morgan fingerprint density at radius 2 is 2.04 bits per heavy atom. The number of nitrogens with one attached hydrogen (secondary N) is 1. The van der Waals surface area contributed by atoms with E-state index in [-0.39, 0.29) is 12.1 Å². The van der Waals surface area contributed by atoms with Gasteiger partial charge in [0, 0.05) is 25.2 Å². The molecule has 1 saturated heterocycles. The number of rotatable bonds is 5. The molecule has 25 heavy (non-hydrogen) atoms. The van der Waals surface area contributed by atoms with Gasteiger partial charge < -0.3 is 19.7 Å². The first-order chi connectivity index (χ1) is 12.2. The molecule has 1 aliphatic heterocycles. The molecular formula is C17H21N5O3. The molecule has 8 nitrogen and oxygen atoms in total. The van der Waals surface area contributed by atoms with E-state index in [2.05, 4.69) is 15.6 Å². The zero-order chi connectivity index (χ0) is 17.4. The van der Waals surface area contributed by atoms with E-state index in [0.717, 1.165) is 5.69 Å². The summed E-state index contributed by atoms with van der Waals surface area (Å²) in [5, 5.41) is 11.3. The second kappa shape index (κ2) is 6.27. The van der Waals surface area contributed by atoms with Gasteiger partial charge in [-0.1, -0.05) is 11.3 Å². The van der Waals surface area contributed by atoms with E-state index in [1.54, 1.807) is 31.3 Å². The largest absolute Gasteiger partial charge is 0.493 e. The van der Waals surface area contributed by atoms with Crippen molar-refractivity contribution in [3.05, 3.63) is 30.1 Å². The van der Waals surface area contributed by atoms with Crippen LogP contribution in [0.5, 0.6) is 11.5 Å². The summed E-state index contributed by atoms with van der Waals surface area (Å²) in [6, 6.07) is 5.42. The third-order valence-corrected chi connectivity index (χ3v) is 4.69. The summed E-state index contributed by atoms with van der Waals surface area (Å²) in [4.78, 5) is 14.2. The van der Waals surface area contributed by atoms with E-state index in [4.69, 9.17) is 9.47 Å². The summed E-state index contributed by atoms with van der Waals surface area (Å²) < 4.78 is 12.5. The summed E-state index contributed by atoms with van der Waals surface area (Å²) in [7, 11) is 3.12. The molecule has 8 heteroatoms. The monoisotopic (exact) mass is 343 g/mol. The van der Waals surface area contributed by atoms with Crippen LogP contribution in [0.1, 0.15) is 30.5 Å². The molecule has 4 rings (SSSR count). The number of ether oxygens (including phenoxy) is 2. The summed E-state index contributed by atoms with van der Waals surface area (Å²) in [5.41, 5.74) is 1.66. The van der Waals surface area contributed by atoms with E-state index in [9.17, 15) is 4.79 Å². The van der Waals surface area contributed by atoms with Crippen LogP contribution in [-0.4, -0.2) is 53.2 Å². The number of benzene rings is 1. The lowest BCUT2D eigenvalue weighted by atomic mass is 10.1. The lowest BCUT2D eigenvalue weighted by molar-refractivity contribution is 0.127. The van der Waals surface area contributed by atoms with E-state index < -0.39 is 0 Å². The smallest absolute Gasteiger partial charge is 0.322 e. The first-order valence-electron chi connectivity index (χ1n) is 8.38. The Morgan fingerprint density at radius 3 is 2.72 bits per heavy atom. The zero-order valence-corrected chi connectivity index (χ0v) is 14.3. The minimum atomic E-state index is -0.162. The van der Waals surface area contributed by atoms with Gasteiger partial charge in [0.1, 0.15) is 0 Å². The molecule has 0 atom stereocenters. The third-order valence-electron chi connectivity index (χ3n) is 4.69. The fourth-order valence-corrected chi connectivity index (χ4v) is 3.00. The number of hydrogen-bond acceptors (Lipinski definition) is 5. The van der Waals surface area contributed by atoms with Crippen LogP contribution < -0.4 is 14.8 Å². The number of hydrogen-bond donors (Lipinski definition) is 1. The number of anilines is 1. The number of methoxy groups -OCH3 is 2. The summed E-state index contributed by atoms with van der Waals surface area (Å²) in [6.45, 7) is 1.23. The predicted octanol–water partition coefficient (Wildman–Crippen LogP) is 2.26. The van der Waals surface area contributed by atoms with Crippen LogP contribution >= 0.6 is 0 Å². The van der Waals surface area contributed by atoms with Crippen molar-refractivity contribution in [3.63, 3.8) is 0 Å². The fourth-order valence-electron chi connectivity index (χ4n) is 3.00. The van der Waals surface area contributed by atoms with E-state index in [0.29, 0.717) is 36.2 Å². The molecule has 2 aliphatic rings. The molecule has 2 aromatic rings. The maximum Gasteiger partial charge on any atom is 0.322 e. The second-order valence-corrected chi connectivity index (χ2v) is 6.43. The maximum atomic E-state index is 12.4. The van der Waals surface area contributed by atoms with Gasteiger partial charge in [0.25, 0.3) is 0 Å². The number of carbonyl (C=O) groups is 1. The van der Waals surface area contributed by atoms with Crippen molar-refractivity contribution in [1.29, 1.82) is 0 Å². The number of carbonyl (C=O) groups excluding carboxylic acids is 1. The Bertz CT molecular complexity index is 780. The van der Waals surface area contributed by atoms with Gasteiger partial charge in [0.15, 0.2) is 11.5 Å². The lowest BCUT2D eigenvalue weighted by Crippen LogP contribution is -2.52. The zero-order valence-electron chi connectivity index (χ0n) is 14.3. The number of amides is 2. The molecule has 2 amide bonds. The molecule has 1 saturated carbocycles. The standard InChI is InChI=1S/C17H21N5O3/c1-24-15-5-3-4-13(16(15)25-2)18-17(23)21-8-12(9-21)22-10-14(19-20-22)11-6-7-11/h3-5,10-12H,6-9H2,1-2H3,(H,18,23). The number of urea groups is 1. The topological polar surface area (TPSA) is 81.5 Å². The number of aromatic nitrogens is 3. The van der Waals surface area contributed by atoms with Gasteiger partial charge >= 0.3 is 6.03 Å². The number of likely N-dealkylation sites (tertiary alicyclic amines) is 1. The van der Waals surface area contributed by atoms with Gasteiger partial charge in [-0.3, -0.25) is 0 Å². The normalized spacial score (nSPS) is 17.1. The molecule has 2 heterocycles. The molecule has 132 valence electrons. The minimum absolute atomic E-state index is 0.162. The Kier molecular flexibility index (Phi) is 3.95. The van der Waals surface area contributed by atoms with Crippen molar-refractivity contribution in [1.82, 2.24) is 19.9 Å². The average molecular weight is 343 g/mol. The van der Waals surface area contributed by atoms with E-state index in [1.165, 1.54) is 12.8 Å². The summed E-state index contributed by atoms with van der Waals surface area (Å²) >= 11 is 0. The van der Waals surface area contributed by atoms with Crippen LogP contribution in [0, 0.1) is 0 Å². The van der Waals surface area contributed by atoms with Gasteiger partial charge in [0.05, 0.1) is 31.6 Å². The Labute approximate surface area is 145 Å². The summed E-state index contributed by atoms with van der Waals surface area (Å²) in [5.74, 6) is 1.69. The lowest BCUT2D eigenvalue weighted by Gasteiger charge is -2.38. The highest BCUT2D eigenvalue weighted by atomic mass is 16.5. The van der Waals surface area contributed by atoms with Crippen molar-refractivity contribution < 1.29 is 14.3 Å². The van der Waals surface area contributed by atoms with Gasteiger partial charge in [-0.2, -0.15) is 0 Å². The van der Waals surface area contributed by atoms with Gasteiger partial charge in [0.2, 0.25) is 0 Å². The van der Waals surface area contributed by atoms with Crippen LogP contribution in [0.25, 0.3) is 0 Å². The van der Waals surface area contributed by atoms with Gasteiger partial charge in [-0.25, -0.2) is 9.48 Å². The van der Waals surface area contributed by atoms with Crippen LogP contribution in [0.3, 0.4) is 0 Å². The molecule has 0 bridgehead atoms. The Hall–Kier alpha value is -2.77. The Morgan fingerprint density at radius 1 is 1.24 bits per heavy atom. The van der Waals surface area contributed by atoms with Crippen LogP contribution in [0.15, 0.2) is 24.4 Å². The van der Waals surface area contributed by atoms with Gasteiger partial charge in [-0.15, -0.1) is 5.10 Å². The van der Waals surface area contributed by atoms with Gasteiger partial charge in [-0.05, 0) is 25.0 Å². The molecule has 0 unspecified atom stereocenters. The van der Waals surface area contributed by atoms with Crippen molar-refractivity contribution in [2.75, 3.05) is 32.6 Å².